The van der Waals surface area contributed by atoms with Crippen LogP contribution in [0.1, 0.15) is 36.0 Å². The minimum atomic E-state index is -3.80. The van der Waals surface area contributed by atoms with Crippen LogP contribution in [0.2, 0.25) is 5.02 Å². The second-order valence-electron chi connectivity index (χ2n) is 6.40. The van der Waals surface area contributed by atoms with Crippen LogP contribution in [0.4, 0.5) is 5.69 Å². The molecule has 2 aromatic rings. The third kappa shape index (κ3) is 4.61. The van der Waals surface area contributed by atoms with E-state index in [0.29, 0.717) is 10.7 Å². The van der Waals surface area contributed by atoms with Crippen molar-refractivity contribution in [3.8, 4) is 5.75 Å². The summed E-state index contributed by atoms with van der Waals surface area (Å²) in [4.78, 5) is 12.5. The lowest BCUT2D eigenvalue weighted by Crippen LogP contribution is -2.33. The van der Waals surface area contributed by atoms with Gasteiger partial charge in [0.1, 0.15) is 10.6 Å². The zero-order valence-corrected chi connectivity index (χ0v) is 16.4. The predicted octanol–water partition coefficient (Wildman–Crippen LogP) is 3.82. The van der Waals surface area contributed by atoms with Gasteiger partial charge in [-0.15, -0.1) is 0 Å². The van der Waals surface area contributed by atoms with Crippen molar-refractivity contribution in [3.05, 3.63) is 53.1 Å². The van der Waals surface area contributed by atoms with Crippen molar-refractivity contribution < 1.29 is 17.9 Å². The van der Waals surface area contributed by atoms with Crippen LogP contribution in [0.15, 0.2) is 47.4 Å². The van der Waals surface area contributed by atoms with E-state index in [0.717, 1.165) is 25.7 Å². The van der Waals surface area contributed by atoms with E-state index in [1.54, 1.807) is 24.3 Å². The van der Waals surface area contributed by atoms with E-state index in [4.69, 9.17) is 16.3 Å². The van der Waals surface area contributed by atoms with Gasteiger partial charge in [0.15, 0.2) is 0 Å². The van der Waals surface area contributed by atoms with Crippen LogP contribution in [0, 0.1) is 0 Å². The van der Waals surface area contributed by atoms with Crippen LogP contribution in [0.25, 0.3) is 0 Å². The molecule has 2 N–H and O–H groups in total. The molecule has 0 heterocycles. The third-order valence-corrected chi connectivity index (χ3v) is 6.39. The molecule has 1 amide bonds. The lowest BCUT2D eigenvalue weighted by atomic mass is 10.2. The van der Waals surface area contributed by atoms with Crippen LogP contribution in [-0.4, -0.2) is 27.5 Å². The highest BCUT2D eigenvalue weighted by Crippen LogP contribution is 2.28. The molecule has 3 rings (SSSR count). The second-order valence-corrected chi connectivity index (χ2v) is 8.49. The van der Waals surface area contributed by atoms with Gasteiger partial charge in [-0.2, -0.15) is 0 Å². The normalized spacial score (nSPS) is 14.9. The summed E-state index contributed by atoms with van der Waals surface area (Å²) in [7, 11) is -2.41. The van der Waals surface area contributed by atoms with E-state index in [1.807, 2.05) is 0 Å². The maximum Gasteiger partial charge on any atom is 0.255 e. The first-order chi connectivity index (χ1) is 12.9. The Balaban J connectivity index is 1.88. The largest absolute Gasteiger partial charge is 0.495 e. The highest BCUT2D eigenvalue weighted by Gasteiger charge is 2.26. The van der Waals surface area contributed by atoms with Crippen LogP contribution in [0.5, 0.6) is 5.75 Å². The molecule has 8 heteroatoms. The van der Waals surface area contributed by atoms with Crippen molar-refractivity contribution in [1.29, 1.82) is 0 Å². The monoisotopic (exact) mass is 408 g/mol. The molecule has 0 saturated heterocycles. The van der Waals surface area contributed by atoms with Crippen LogP contribution in [-0.2, 0) is 10.0 Å². The van der Waals surface area contributed by atoms with Gasteiger partial charge in [0.2, 0.25) is 10.0 Å². The average Bonchev–Trinajstić information content (AvgIpc) is 3.15. The Morgan fingerprint density at radius 3 is 2.52 bits per heavy atom. The first kappa shape index (κ1) is 19.7. The van der Waals surface area contributed by atoms with Gasteiger partial charge in [-0.05, 0) is 43.2 Å². The Bertz CT molecular complexity index is 940. The van der Waals surface area contributed by atoms with Gasteiger partial charge in [-0.25, -0.2) is 13.1 Å². The van der Waals surface area contributed by atoms with Crippen LogP contribution < -0.4 is 14.8 Å². The summed E-state index contributed by atoms with van der Waals surface area (Å²) in [6.45, 7) is 0. The number of nitrogens with one attached hydrogen (secondary N) is 2. The summed E-state index contributed by atoms with van der Waals surface area (Å²) in [6.07, 6.45) is 3.64. The Hall–Kier alpha value is -2.09. The van der Waals surface area contributed by atoms with Crippen molar-refractivity contribution >= 4 is 33.2 Å². The van der Waals surface area contributed by atoms with Crippen LogP contribution >= 0.6 is 11.6 Å². The van der Waals surface area contributed by atoms with Gasteiger partial charge < -0.3 is 10.1 Å². The molecule has 27 heavy (non-hydrogen) atoms. The molecule has 0 aliphatic heterocycles. The molecular weight excluding hydrogens is 388 g/mol. The Morgan fingerprint density at radius 1 is 1.15 bits per heavy atom. The van der Waals surface area contributed by atoms with Crippen LogP contribution in [0.3, 0.4) is 0 Å². The summed E-state index contributed by atoms with van der Waals surface area (Å²) >= 11 is 6.06. The standard InChI is InChI=1S/C19H21ClN2O4S/c1-26-17-11-10-13(19(23)21-16-9-5-4-8-15(16)20)12-18(17)27(24,25)22-14-6-2-3-7-14/h4-5,8-12,14,22H,2-3,6-7H2,1H3,(H,21,23). The van der Waals surface area contributed by atoms with E-state index in [9.17, 15) is 13.2 Å². The van der Waals surface area contributed by atoms with Crippen molar-refractivity contribution in [2.45, 2.75) is 36.6 Å². The summed E-state index contributed by atoms with van der Waals surface area (Å²) in [6, 6.07) is 11.1. The summed E-state index contributed by atoms with van der Waals surface area (Å²) < 4.78 is 33.5. The van der Waals surface area contributed by atoms with Gasteiger partial charge in [0.25, 0.3) is 5.91 Å². The molecule has 1 saturated carbocycles. The zero-order chi connectivity index (χ0) is 19.4. The molecule has 1 aliphatic carbocycles. The molecule has 0 aromatic heterocycles. The minimum absolute atomic E-state index is 0.0521. The molecule has 0 radical (unpaired) electrons. The topological polar surface area (TPSA) is 84.5 Å². The SMILES string of the molecule is COc1ccc(C(=O)Nc2ccccc2Cl)cc1S(=O)(=O)NC1CCCC1. The summed E-state index contributed by atoms with van der Waals surface area (Å²) in [5.74, 6) is -0.266. The molecule has 0 atom stereocenters. The smallest absolute Gasteiger partial charge is 0.255 e. The number of halogens is 1. The number of para-hydroxylation sites is 1. The van der Waals surface area contributed by atoms with E-state index < -0.39 is 15.9 Å². The van der Waals surface area contributed by atoms with Gasteiger partial charge in [0.05, 0.1) is 17.8 Å². The van der Waals surface area contributed by atoms with E-state index in [-0.39, 0.29) is 22.3 Å². The Morgan fingerprint density at radius 2 is 1.85 bits per heavy atom. The summed E-state index contributed by atoms with van der Waals surface area (Å²) in [5, 5.41) is 3.09. The van der Waals surface area contributed by atoms with Gasteiger partial charge >= 0.3 is 0 Å². The maximum atomic E-state index is 12.8. The summed E-state index contributed by atoms with van der Waals surface area (Å²) in [5.41, 5.74) is 0.649. The fourth-order valence-corrected chi connectivity index (χ4v) is 4.79. The number of ether oxygens (including phenoxy) is 1. The number of carbonyl (C=O) groups excluding carboxylic acids is 1. The lowest BCUT2D eigenvalue weighted by Gasteiger charge is -2.16. The quantitative estimate of drug-likeness (QED) is 0.760. The minimum Gasteiger partial charge on any atom is -0.495 e. The number of methoxy groups -OCH3 is 1. The molecular formula is C19H21ClN2O4S. The number of hydrogen-bond donors (Lipinski definition) is 2. The van der Waals surface area contributed by atoms with E-state index in [2.05, 4.69) is 10.0 Å². The number of benzene rings is 2. The first-order valence-electron chi connectivity index (χ1n) is 8.67. The van der Waals surface area contributed by atoms with Crippen molar-refractivity contribution in [3.63, 3.8) is 0 Å². The second kappa shape index (κ2) is 8.29. The van der Waals surface area contributed by atoms with Crippen molar-refractivity contribution in [2.24, 2.45) is 0 Å². The fourth-order valence-electron chi connectivity index (χ4n) is 3.11. The fraction of sp³-hybridized carbons (Fsp3) is 0.316. The van der Waals surface area contributed by atoms with Crippen molar-refractivity contribution in [2.75, 3.05) is 12.4 Å². The number of rotatable bonds is 6. The highest BCUT2D eigenvalue weighted by molar-refractivity contribution is 7.89. The van der Waals surface area contributed by atoms with E-state index in [1.165, 1.54) is 25.3 Å². The molecule has 144 valence electrons. The molecule has 0 spiro atoms. The molecule has 1 aliphatic rings. The highest BCUT2D eigenvalue weighted by atomic mass is 35.5. The molecule has 0 unspecified atom stereocenters. The number of amides is 1. The Labute approximate surface area is 163 Å². The molecule has 6 nitrogen and oxygen atoms in total. The van der Waals surface area contributed by atoms with Crippen molar-refractivity contribution in [1.82, 2.24) is 4.72 Å². The number of carbonyl (C=O) groups is 1. The van der Waals surface area contributed by atoms with Gasteiger partial charge in [0, 0.05) is 11.6 Å². The zero-order valence-electron chi connectivity index (χ0n) is 14.9. The maximum absolute atomic E-state index is 12.8. The number of hydrogen-bond acceptors (Lipinski definition) is 4. The first-order valence-corrected chi connectivity index (χ1v) is 10.5. The molecule has 2 aromatic carbocycles. The number of anilines is 1. The predicted molar refractivity (Wildman–Crippen MR) is 105 cm³/mol. The van der Waals surface area contributed by atoms with Gasteiger partial charge in [-0.1, -0.05) is 36.6 Å². The van der Waals surface area contributed by atoms with E-state index >= 15 is 0 Å². The molecule has 1 fully saturated rings. The molecule has 0 bridgehead atoms. The third-order valence-electron chi connectivity index (χ3n) is 4.51. The number of sulfonamides is 1. The van der Waals surface area contributed by atoms with Gasteiger partial charge in [-0.3, -0.25) is 4.79 Å². The lowest BCUT2D eigenvalue weighted by molar-refractivity contribution is 0.102. The average molecular weight is 409 g/mol. The Kier molecular flexibility index (Phi) is 6.04.